The lowest BCUT2D eigenvalue weighted by molar-refractivity contribution is -0.109. The van der Waals surface area contributed by atoms with Gasteiger partial charge in [-0.2, -0.15) is 10.4 Å². The van der Waals surface area contributed by atoms with Crippen LogP contribution in [0.3, 0.4) is 0 Å². The molecular formula is C16H19N5O. The van der Waals surface area contributed by atoms with E-state index in [0.717, 1.165) is 37.1 Å². The van der Waals surface area contributed by atoms with Crippen LogP contribution in [0.1, 0.15) is 5.56 Å². The van der Waals surface area contributed by atoms with Crippen molar-refractivity contribution in [3.63, 3.8) is 0 Å². The number of anilines is 1. The molecule has 0 radical (unpaired) electrons. The van der Waals surface area contributed by atoms with Crippen LogP contribution in [0, 0.1) is 18.3 Å². The quantitative estimate of drug-likeness (QED) is 0.904. The summed E-state index contributed by atoms with van der Waals surface area (Å²) in [5.41, 5.74) is 3.22. The summed E-state index contributed by atoms with van der Waals surface area (Å²) in [6.07, 6.45) is 1.86. The van der Waals surface area contributed by atoms with E-state index in [1.807, 2.05) is 6.20 Å². The van der Waals surface area contributed by atoms with Crippen molar-refractivity contribution in [1.29, 1.82) is 5.26 Å². The Hall–Kier alpha value is -2.10. The van der Waals surface area contributed by atoms with Gasteiger partial charge in [-0.25, -0.2) is 0 Å². The fraction of sp³-hybridized carbons (Fsp3) is 0.500. The van der Waals surface area contributed by atoms with E-state index in [1.165, 1.54) is 11.3 Å². The molecule has 6 heteroatoms. The van der Waals surface area contributed by atoms with E-state index in [9.17, 15) is 5.26 Å². The third-order valence-electron chi connectivity index (χ3n) is 4.87. The summed E-state index contributed by atoms with van der Waals surface area (Å²) in [5.74, 6) is 0. The third-order valence-corrected chi connectivity index (χ3v) is 4.87. The van der Waals surface area contributed by atoms with Crippen molar-refractivity contribution in [3.8, 4) is 6.07 Å². The van der Waals surface area contributed by atoms with Crippen molar-refractivity contribution in [2.45, 2.75) is 12.5 Å². The van der Waals surface area contributed by atoms with Gasteiger partial charge in [-0.1, -0.05) is 0 Å². The molecule has 1 aromatic carbocycles. The van der Waals surface area contributed by atoms with Crippen molar-refractivity contribution in [2.24, 2.45) is 0 Å². The van der Waals surface area contributed by atoms with Gasteiger partial charge in [-0.3, -0.25) is 10.00 Å². The van der Waals surface area contributed by atoms with Crippen LogP contribution in [-0.4, -0.2) is 60.0 Å². The lowest BCUT2D eigenvalue weighted by Gasteiger charge is -2.48. The first kappa shape index (κ1) is 13.6. The van der Waals surface area contributed by atoms with Gasteiger partial charge in [0.1, 0.15) is 0 Å². The van der Waals surface area contributed by atoms with Crippen molar-refractivity contribution in [1.82, 2.24) is 15.1 Å². The molecule has 4 rings (SSSR count). The Morgan fingerprint density at radius 3 is 2.68 bits per heavy atom. The van der Waals surface area contributed by atoms with Crippen LogP contribution in [0.25, 0.3) is 10.9 Å². The molecule has 2 saturated heterocycles. The molecule has 0 aliphatic carbocycles. The fourth-order valence-corrected chi connectivity index (χ4v) is 3.42. The number of hydrogen-bond donors (Lipinski definition) is 1. The summed E-state index contributed by atoms with van der Waals surface area (Å²) < 4.78 is 5.26. The van der Waals surface area contributed by atoms with Crippen LogP contribution >= 0.6 is 0 Å². The highest BCUT2D eigenvalue weighted by atomic mass is 16.5. The van der Waals surface area contributed by atoms with E-state index in [4.69, 9.17) is 4.74 Å². The highest BCUT2D eigenvalue weighted by Gasteiger charge is 2.45. The molecule has 22 heavy (non-hydrogen) atoms. The van der Waals surface area contributed by atoms with Crippen molar-refractivity contribution < 1.29 is 4.74 Å². The number of hydrogen-bond acceptors (Lipinski definition) is 5. The molecule has 2 aromatic rings. The minimum atomic E-state index is -0.380. The Balaban J connectivity index is 1.53. The van der Waals surface area contributed by atoms with Gasteiger partial charge in [0.15, 0.2) is 5.54 Å². The van der Waals surface area contributed by atoms with E-state index in [1.54, 1.807) is 0 Å². The number of nitrogens with zero attached hydrogens (tertiary/aromatic N) is 4. The second-order valence-corrected chi connectivity index (χ2v) is 6.21. The molecule has 0 amide bonds. The first-order valence-electron chi connectivity index (χ1n) is 7.65. The van der Waals surface area contributed by atoms with Crippen molar-refractivity contribution >= 4 is 16.6 Å². The maximum Gasteiger partial charge on any atom is 0.156 e. The molecule has 2 aliphatic rings. The SMILES string of the molecule is Cc1cc2cn[nH]c2cc1N1CCN(C2(C#N)COC2)CC1. The van der Waals surface area contributed by atoms with Crippen LogP contribution in [0.4, 0.5) is 5.69 Å². The Labute approximate surface area is 129 Å². The number of H-pyrrole nitrogens is 1. The zero-order valence-electron chi connectivity index (χ0n) is 12.7. The Morgan fingerprint density at radius 1 is 1.27 bits per heavy atom. The summed E-state index contributed by atoms with van der Waals surface area (Å²) in [7, 11) is 0. The predicted octanol–water partition coefficient (Wildman–Crippen LogP) is 1.29. The summed E-state index contributed by atoms with van der Waals surface area (Å²) in [6.45, 7) is 6.90. The summed E-state index contributed by atoms with van der Waals surface area (Å²) in [5, 5.41) is 17.7. The molecular weight excluding hydrogens is 278 g/mol. The second-order valence-electron chi connectivity index (χ2n) is 6.21. The number of ether oxygens (including phenoxy) is 1. The first-order valence-corrected chi connectivity index (χ1v) is 7.65. The number of rotatable bonds is 2. The largest absolute Gasteiger partial charge is 0.375 e. The summed E-state index contributed by atoms with van der Waals surface area (Å²) >= 11 is 0. The lowest BCUT2D eigenvalue weighted by Crippen LogP contribution is -2.65. The molecule has 1 aromatic heterocycles. The second kappa shape index (κ2) is 4.97. The number of benzene rings is 1. The highest BCUT2D eigenvalue weighted by Crippen LogP contribution is 2.29. The van der Waals surface area contributed by atoms with E-state index in [-0.39, 0.29) is 5.54 Å². The van der Waals surface area contributed by atoms with Gasteiger partial charge in [-0.05, 0) is 24.6 Å². The Bertz CT molecular complexity index is 735. The van der Waals surface area contributed by atoms with Gasteiger partial charge in [0, 0.05) is 37.3 Å². The van der Waals surface area contributed by atoms with E-state index in [0.29, 0.717) is 13.2 Å². The highest BCUT2D eigenvalue weighted by molar-refractivity contribution is 5.83. The third kappa shape index (κ3) is 1.97. The van der Waals surface area contributed by atoms with Gasteiger partial charge < -0.3 is 9.64 Å². The smallest absolute Gasteiger partial charge is 0.156 e. The van der Waals surface area contributed by atoms with E-state index >= 15 is 0 Å². The molecule has 0 unspecified atom stereocenters. The zero-order valence-corrected chi connectivity index (χ0v) is 12.7. The molecule has 1 N–H and O–H groups in total. The van der Waals surface area contributed by atoms with Crippen LogP contribution in [0.15, 0.2) is 18.3 Å². The van der Waals surface area contributed by atoms with Gasteiger partial charge in [0.05, 0.1) is 31.0 Å². The fourth-order valence-electron chi connectivity index (χ4n) is 3.42. The topological polar surface area (TPSA) is 68.2 Å². The lowest BCUT2D eigenvalue weighted by atomic mass is 9.96. The van der Waals surface area contributed by atoms with Gasteiger partial charge >= 0.3 is 0 Å². The van der Waals surface area contributed by atoms with Crippen LogP contribution in [0.5, 0.6) is 0 Å². The Kier molecular flexibility index (Phi) is 3.06. The molecule has 6 nitrogen and oxygen atoms in total. The first-order chi connectivity index (χ1) is 10.7. The molecule has 114 valence electrons. The average Bonchev–Trinajstić information content (AvgIpc) is 2.94. The maximum atomic E-state index is 9.41. The minimum Gasteiger partial charge on any atom is -0.375 e. The number of nitrogens with one attached hydrogen (secondary N) is 1. The van der Waals surface area contributed by atoms with E-state index < -0.39 is 0 Å². The summed E-state index contributed by atoms with van der Waals surface area (Å²) in [4.78, 5) is 4.67. The predicted molar refractivity (Wildman–Crippen MR) is 83.8 cm³/mol. The number of fused-ring (bicyclic) bond motifs is 1. The molecule has 0 atom stereocenters. The standard InChI is InChI=1S/C16H19N5O/c1-12-6-13-8-18-19-14(13)7-15(12)20-2-4-21(5-3-20)16(9-17)10-22-11-16/h6-8H,2-5,10-11H2,1H3,(H,18,19). The maximum absolute atomic E-state index is 9.41. The minimum absolute atomic E-state index is 0.380. The molecule has 0 bridgehead atoms. The molecule has 3 heterocycles. The molecule has 2 aliphatic heterocycles. The Morgan fingerprint density at radius 2 is 2.05 bits per heavy atom. The van der Waals surface area contributed by atoms with Crippen LogP contribution < -0.4 is 4.90 Å². The normalized spacial score (nSPS) is 21.5. The number of aromatic nitrogens is 2. The number of aryl methyl sites for hydroxylation is 1. The number of piperazine rings is 1. The molecule has 0 spiro atoms. The van der Waals surface area contributed by atoms with Gasteiger partial charge in [-0.15, -0.1) is 0 Å². The average molecular weight is 297 g/mol. The zero-order chi connectivity index (χ0) is 15.2. The van der Waals surface area contributed by atoms with Gasteiger partial charge in [0.25, 0.3) is 0 Å². The molecule has 2 fully saturated rings. The summed E-state index contributed by atoms with van der Waals surface area (Å²) in [6, 6.07) is 6.80. The monoisotopic (exact) mass is 297 g/mol. The van der Waals surface area contributed by atoms with Crippen LogP contribution in [-0.2, 0) is 4.74 Å². The van der Waals surface area contributed by atoms with Gasteiger partial charge in [0.2, 0.25) is 0 Å². The van der Waals surface area contributed by atoms with E-state index in [2.05, 4.69) is 45.1 Å². The van der Waals surface area contributed by atoms with Crippen molar-refractivity contribution in [2.75, 3.05) is 44.3 Å². The van der Waals surface area contributed by atoms with Crippen molar-refractivity contribution in [3.05, 3.63) is 23.9 Å². The van der Waals surface area contributed by atoms with Crippen LogP contribution in [0.2, 0.25) is 0 Å². The number of aromatic amines is 1. The molecule has 0 saturated carbocycles. The number of nitriles is 1.